The monoisotopic (exact) mass is 510 g/mol. The Hall–Kier alpha value is -2.56. The first-order valence-corrected chi connectivity index (χ1v) is 13.8. The van der Waals surface area contributed by atoms with E-state index in [1.54, 1.807) is 21.9 Å². The first-order valence-electron chi connectivity index (χ1n) is 12.0. The summed E-state index contributed by atoms with van der Waals surface area (Å²) in [7, 11) is -3.11. The number of aromatic amines is 1. The molecule has 2 unspecified atom stereocenters. The number of rotatable bonds is 4. The van der Waals surface area contributed by atoms with Gasteiger partial charge in [0, 0.05) is 49.6 Å². The van der Waals surface area contributed by atoms with Gasteiger partial charge in [0.25, 0.3) is 0 Å². The number of amides is 2. The molecular weight excluding hydrogens is 481 g/mol. The number of benzene rings is 1. The SMILES string of the molecule is O=C(N1CCS(=O)(=O)CC1)N1CC(c2ccc(CC(F)(F)F)cc2)CC(c2cc(C3CC3)[nH]n2)C1. The van der Waals surface area contributed by atoms with E-state index in [9.17, 15) is 26.4 Å². The zero-order chi connectivity index (χ0) is 24.8. The average Bonchev–Trinajstić information content (AvgIpc) is 3.54. The Kier molecular flexibility index (Phi) is 6.31. The molecule has 190 valence electrons. The molecule has 1 saturated carbocycles. The van der Waals surface area contributed by atoms with E-state index in [0.29, 0.717) is 19.0 Å². The third-order valence-electron chi connectivity index (χ3n) is 7.24. The Labute approximate surface area is 202 Å². The van der Waals surface area contributed by atoms with Crippen molar-refractivity contribution in [3.05, 3.63) is 52.8 Å². The number of likely N-dealkylation sites (tertiary alicyclic amines) is 1. The smallest absolute Gasteiger partial charge is 0.323 e. The second kappa shape index (κ2) is 9.15. The van der Waals surface area contributed by atoms with Crippen molar-refractivity contribution < 1.29 is 26.4 Å². The van der Waals surface area contributed by atoms with Crippen molar-refractivity contribution in [2.24, 2.45) is 0 Å². The maximum atomic E-state index is 13.4. The van der Waals surface area contributed by atoms with Crippen LogP contribution in [0.1, 0.15) is 59.5 Å². The molecule has 3 aliphatic rings. The van der Waals surface area contributed by atoms with E-state index in [0.717, 1.165) is 36.2 Å². The van der Waals surface area contributed by atoms with Gasteiger partial charge in [0.1, 0.15) is 0 Å². The Bertz CT molecular complexity index is 1160. The summed E-state index contributed by atoms with van der Waals surface area (Å²) in [5.41, 5.74) is 3.09. The van der Waals surface area contributed by atoms with E-state index in [1.807, 2.05) is 0 Å². The highest BCUT2D eigenvalue weighted by molar-refractivity contribution is 7.91. The van der Waals surface area contributed by atoms with Crippen LogP contribution in [0.15, 0.2) is 30.3 Å². The lowest BCUT2D eigenvalue weighted by Crippen LogP contribution is -2.53. The number of hydrogen-bond donors (Lipinski definition) is 1. The van der Waals surface area contributed by atoms with Gasteiger partial charge in [-0.3, -0.25) is 5.10 Å². The van der Waals surface area contributed by atoms with E-state index in [-0.39, 0.29) is 48.0 Å². The molecule has 1 aromatic heterocycles. The second-order valence-corrected chi connectivity index (χ2v) is 12.3. The van der Waals surface area contributed by atoms with Crippen molar-refractivity contribution >= 4 is 15.9 Å². The topological polar surface area (TPSA) is 86.4 Å². The fourth-order valence-corrected chi connectivity index (χ4v) is 6.32. The first-order chi connectivity index (χ1) is 16.6. The summed E-state index contributed by atoms with van der Waals surface area (Å²) in [5.74, 6) is 0.357. The standard InChI is InChI=1S/C24H29F3N4O3S/c25-24(26,27)13-16-1-3-17(4-2-16)19-11-20(22-12-21(28-29-22)18-5-6-18)15-31(14-19)23(32)30-7-9-35(33,34)10-8-30/h1-4,12,18-20H,5-11,13-15H2,(H,28,29). The molecule has 3 fully saturated rings. The average molecular weight is 511 g/mol. The Balaban J connectivity index is 1.36. The third-order valence-corrected chi connectivity index (χ3v) is 8.85. The fraction of sp³-hybridized carbons (Fsp3) is 0.583. The maximum Gasteiger partial charge on any atom is 0.393 e. The number of piperidine rings is 1. The lowest BCUT2D eigenvalue weighted by atomic mass is 9.82. The number of urea groups is 1. The van der Waals surface area contributed by atoms with Crippen molar-refractivity contribution in [3.63, 3.8) is 0 Å². The minimum absolute atomic E-state index is 0.0233. The van der Waals surface area contributed by atoms with E-state index >= 15 is 0 Å². The van der Waals surface area contributed by atoms with Crippen LogP contribution in [-0.4, -0.2) is 78.3 Å². The van der Waals surface area contributed by atoms with Crippen LogP contribution in [-0.2, 0) is 16.3 Å². The van der Waals surface area contributed by atoms with Crippen LogP contribution in [0.5, 0.6) is 0 Å². The van der Waals surface area contributed by atoms with E-state index in [1.165, 1.54) is 12.1 Å². The third kappa shape index (κ3) is 5.82. The summed E-state index contributed by atoms with van der Waals surface area (Å²) in [6, 6.07) is 8.35. The van der Waals surface area contributed by atoms with Crippen molar-refractivity contribution in [1.29, 1.82) is 0 Å². The summed E-state index contributed by atoms with van der Waals surface area (Å²) in [4.78, 5) is 16.7. The zero-order valence-corrected chi connectivity index (χ0v) is 20.1. The highest BCUT2D eigenvalue weighted by Crippen LogP contribution is 2.41. The van der Waals surface area contributed by atoms with Gasteiger partial charge in [0.2, 0.25) is 0 Å². The predicted molar refractivity (Wildman–Crippen MR) is 124 cm³/mol. The van der Waals surface area contributed by atoms with E-state index in [4.69, 9.17) is 0 Å². The van der Waals surface area contributed by atoms with Gasteiger partial charge in [-0.25, -0.2) is 13.2 Å². The molecular formula is C24H29F3N4O3S. The van der Waals surface area contributed by atoms with Gasteiger partial charge >= 0.3 is 12.2 Å². The van der Waals surface area contributed by atoms with Crippen LogP contribution in [0, 0.1) is 0 Å². The molecule has 11 heteroatoms. The Morgan fingerprint density at radius 3 is 2.29 bits per heavy atom. The number of H-pyrrole nitrogens is 1. The Morgan fingerprint density at radius 2 is 1.66 bits per heavy atom. The van der Waals surface area contributed by atoms with Gasteiger partial charge in [-0.2, -0.15) is 18.3 Å². The largest absolute Gasteiger partial charge is 0.393 e. The lowest BCUT2D eigenvalue weighted by molar-refractivity contribution is -0.127. The lowest BCUT2D eigenvalue weighted by Gasteiger charge is -2.40. The van der Waals surface area contributed by atoms with Gasteiger partial charge in [0.15, 0.2) is 9.84 Å². The molecule has 0 bridgehead atoms. The van der Waals surface area contributed by atoms with E-state index < -0.39 is 22.4 Å². The number of carbonyl (C=O) groups excluding carboxylic acids is 1. The Morgan fingerprint density at radius 1 is 1.00 bits per heavy atom. The van der Waals surface area contributed by atoms with Gasteiger partial charge in [0.05, 0.1) is 23.6 Å². The first kappa shape index (κ1) is 24.1. The molecule has 2 aliphatic heterocycles. The summed E-state index contributed by atoms with van der Waals surface area (Å²) in [6.07, 6.45) is -2.23. The molecule has 2 amide bonds. The normalized spacial score (nSPS) is 25.0. The molecule has 1 N–H and O–H groups in total. The van der Waals surface area contributed by atoms with Crippen LogP contribution in [0.25, 0.3) is 0 Å². The van der Waals surface area contributed by atoms with E-state index in [2.05, 4.69) is 16.3 Å². The predicted octanol–water partition coefficient (Wildman–Crippen LogP) is 3.82. The van der Waals surface area contributed by atoms with Crippen LogP contribution >= 0.6 is 0 Å². The summed E-state index contributed by atoms with van der Waals surface area (Å²) < 4.78 is 61.9. The molecule has 5 rings (SSSR count). The molecule has 2 aromatic rings. The van der Waals surface area contributed by atoms with Crippen LogP contribution in [0.2, 0.25) is 0 Å². The minimum atomic E-state index is -4.26. The zero-order valence-electron chi connectivity index (χ0n) is 19.3. The minimum Gasteiger partial charge on any atom is -0.323 e. The van der Waals surface area contributed by atoms with Gasteiger partial charge in [-0.05, 0) is 36.5 Å². The molecule has 2 saturated heterocycles. The number of nitrogens with one attached hydrogen (secondary N) is 1. The highest BCUT2D eigenvalue weighted by Gasteiger charge is 2.37. The number of halogens is 3. The van der Waals surface area contributed by atoms with Crippen LogP contribution < -0.4 is 0 Å². The molecule has 7 nitrogen and oxygen atoms in total. The van der Waals surface area contributed by atoms with Gasteiger partial charge < -0.3 is 9.80 Å². The highest BCUT2D eigenvalue weighted by atomic mass is 32.2. The number of nitrogens with zero attached hydrogens (tertiary/aromatic N) is 3. The molecule has 35 heavy (non-hydrogen) atoms. The molecule has 0 radical (unpaired) electrons. The maximum absolute atomic E-state index is 13.4. The molecule has 3 heterocycles. The van der Waals surface area contributed by atoms with Crippen LogP contribution in [0.4, 0.5) is 18.0 Å². The van der Waals surface area contributed by atoms with Crippen molar-refractivity contribution in [1.82, 2.24) is 20.0 Å². The fourth-order valence-electron chi connectivity index (χ4n) is 5.12. The molecule has 2 atom stereocenters. The summed E-state index contributed by atoms with van der Waals surface area (Å²) in [6.45, 7) is 1.25. The molecule has 1 aromatic carbocycles. The van der Waals surface area contributed by atoms with Crippen molar-refractivity contribution in [2.75, 3.05) is 37.7 Å². The van der Waals surface area contributed by atoms with Gasteiger partial charge in [-0.1, -0.05) is 24.3 Å². The number of alkyl halides is 3. The van der Waals surface area contributed by atoms with Crippen LogP contribution in [0.3, 0.4) is 0 Å². The summed E-state index contributed by atoms with van der Waals surface area (Å²) >= 11 is 0. The number of sulfone groups is 1. The molecule has 1 aliphatic carbocycles. The van der Waals surface area contributed by atoms with Crippen molar-refractivity contribution in [3.8, 4) is 0 Å². The quantitative estimate of drug-likeness (QED) is 0.678. The number of carbonyl (C=O) groups is 1. The van der Waals surface area contributed by atoms with Crippen molar-refractivity contribution in [2.45, 2.75) is 49.6 Å². The number of aromatic nitrogens is 2. The molecule has 0 spiro atoms. The number of hydrogen-bond acceptors (Lipinski definition) is 4. The van der Waals surface area contributed by atoms with Gasteiger partial charge in [-0.15, -0.1) is 0 Å². The summed E-state index contributed by atoms with van der Waals surface area (Å²) in [5, 5.41) is 7.66. The second-order valence-electron chi connectivity index (χ2n) is 10.0.